The minimum absolute atomic E-state index is 0.0259. The third-order valence-electron chi connectivity index (χ3n) is 2.63. The molecule has 1 rings (SSSR count). The van der Waals surface area contributed by atoms with E-state index in [4.69, 9.17) is 0 Å². The molecule has 1 N–H and O–H groups in total. The highest BCUT2D eigenvalue weighted by atomic mass is 19.1. The van der Waals surface area contributed by atoms with Gasteiger partial charge in [0.1, 0.15) is 5.82 Å². The Kier molecular flexibility index (Phi) is 6.36. The molecule has 0 bridgehead atoms. The number of carbonyl (C=O) groups is 1. The number of hydrogen-bond acceptors (Lipinski definition) is 2. The van der Waals surface area contributed by atoms with Crippen LogP contribution in [0.2, 0.25) is 0 Å². The lowest BCUT2D eigenvalue weighted by Gasteiger charge is -2.09. The van der Waals surface area contributed by atoms with Crippen LogP contribution >= 0.6 is 0 Å². The second kappa shape index (κ2) is 7.82. The predicted octanol–water partition coefficient (Wildman–Crippen LogP) is 1.83. The maximum Gasteiger partial charge on any atom is 0.220 e. The fourth-order valence-electron chi connectivity index (χ4n) is 1.66. The van der Waals surface area contributed by atoms with Crippen LogP contribution in [0.5, 0.6) is 0 Å². The van der Waals surface area contributed by atoms with E-state index in [-0.39, 0.29) is 11.7 Å². The van der Waals surface area contributed by atoms with E-state index in [0.717, 1.165) is 18.5 Å². The molecule has 1 aromatic carbocycles. The number of carbonyl (C=O) groups excluding carboxylic acids is 1. The molecule has 0 unspecified atom stereocenters. The number of aryl methyl sites for hydroxylation is 1. The fraction of sp³-hybridized carbons (Fsp3) is 0.500. The van der Waals surface area contributed by atoms with E-state index in [2.05, 4.69) is 10.2 Å². The van der Waals surface area contributed by atoms with Gasteiger partial charge < -0.3 is 10.2 Å². The average Bonchev–Trinajstić information content (AvgIpc) is 2.32. The Morgan fingerprint density at radius 2 is 2.17 bits per heavy atom. The number of amides is 1. The van der Waals surface area contributed by atoms with Crippen LogP contribution in [0, 0.1) is 5.82 Å². The first-order chi connectivity index (χ1) is 8.58. The van der Waals surface area contributed by atoms with Crippen LogP contribution in [0.3, 0.4) is 0 Å². The summed E-state index contributed by atoms with van der Waals surface area (Å²) in [6.45, 7) is 1.66. The van der Waals surface area contributed by atoms with E-state index in [1.807, 2.05) is 20.2 Å². The van der Waals surface area contributed by atoms with Gasteiger partial charge in [-0.15, -0.1) is 0 Å². The molecule has 4 heteroatoms. The van der Waals surface area contributed by atoms with Gasteiger partial charge in [-0.3, -0.25) is 4.79 Å². The summed E-state index contributed by atoms with van der Waals surface area (Å²) in [4.78, 5) is 13.6. The first kappa shape index (κ1) is 14.6. The topological polar surface area (TPSA) is 32.3 Å². The summed E-state index contributed by atoms with van der Waals surface area (Å²) in [5.74, 6) is -0.225. The van der Waals surface area contributed by atoms with Crippen LogP contribution in [0.4, 0.5) is 4.39 Å². The summed E-state index contributed by atoms with van der Waals surface area (Å²) in [5.41, 5.74) is 0.860. The van der Waals surface area contributed by atoms with E-state index in [1.54, 1.807) is 6.07 Å². The van der Waals surface area contributed by atoms with Crippen LogP contribution in [0.25, 0.3) is 0 Å². The minimum atomic E-state index is -0.251. The quantitative estimate of drug-likeness (QED) is 0.751. The average molecular weight is 252 g/mol. The van der Waals surface area contributed by atoms with E-state index in [0.29, 0.717) is 19.4 Å². The SMILES string of the molecule is CN(C)CCCNC(=O)CCc1cccc(F)c1. The highest BCUT2D eigenvalue weighted by molar-refractivity contribution is 5.76. The van der Waals surface area contributed by atoms with Gasteiger partial charge in [-0.2, -0.15) is 0 Å². The highest BCUT2D eigenvalue weighted by Crippen LogP contribution is 2.05. The molecule has 0 atom stereocenters. The molecule has 1 amide bonds. The number of nitrogens with zero attached hydrogens (tertiary/aromatic N) is 1. The Bertz CT molecular complexity index is 380. The molecule has 1 aromatic rings. The Hall–Kier alpha value is -1.42. The Morgan fingerprint density at radius 1 is 1.39 bits per heavy atom. The van der Waals surface area contributed by atoms with Gasteiger partial charge in [-0.05, 0) is 51.2 Å². The third-order valence-corrected chi connectivity index (χ3v) is 2.63. The Balaban J connectivity index is 2.17. The van der Waals surface area contributed by atoms with Crippen molar-refractivity contribution in [2.45, 2.75) is 19.3 Å². The monoisotopic (exact) mass is 252 g/mol. The predicted molar refractivity (Wildman–Crippen MR) is 70.9 cm³/mol. The molecule has 0 aliphatic carbocycles. The van der Waals surface area contributed by atoms with Gasteiger partial charge in [0.15, 0.2) is 0 Å². The highest BCUT2D eigenvalue weighted by Gasteiger charge is 2.02. The van der Waals surface area contributed by atoms with Gasteiger partial charge in [0.2, 0.25) is 5.91 Å². The molecule has 0 radical (unpaired) electrons. The second-order valence-corrected chi connectivity index (χ2v) is 4.64. The van der Waals surface area contributed by atoms with Crippen molar-refractivity contribution in [3.63, 3.8) is 0 Å². The summed E-state index contributed by atoms with van der Waals surface area (Å²) in [6, 6.07) is 6.38. The molecule has 0 saturated carbocycles. The Morgan fingerprint density at radius 3 is 2.83 bits per heavy atom. The number of rotatable bonds is 7. The van der Waals surface area contributed by atoms with E-state index >= 15 is 0 Å². The van der Waals surface area contributed by atoms with Gasteiger partial charge >= 0.3 is 0 Å². The molecule has 0 fully saturated rings. The van der Waals surface area contributed by atoms with Crippen molar-refractivity contribution in [1.29, 1.82) is 0 Å². The van der Waals surface area contributed by atoms with Crippen LogP contribution in [-0.4, -0.2) is 38.0 Å². The van der Waals surface area contributed by atoms with Gasteiger partial charge in [0, 0.05) is 13.0 Å². The van der Waals surface area contributed by atoms with Crippen LogP contribution < -0.4 is 5.32 Å². The van der Waals surface area contributed by atoms with Crippen molar-refractivity contribution >= 4 is 5.91 Å². The molecule has 0 aliphatic rings. The van der Waals surface area contributed by atoms with Crippen molar-refractivity contribution in [2.75, 3.05) is 27.2 Å². The normalized spacial score (nSPS) is 10.7. The molecule has 0 heterocycles. The molecule has 0 saturated heterocycles. The van der Waals surface area contributed by atoms with E-state index < -0.39 is 0 Å². The van der Waals surface area contributed by atoms with Crippen molar-refractivity contribution < 1.29 is 9.18 Å². The van der Waals surface area contributed by atoms with E-state index in [1.165, 1.54) is 12.1 Å². The summed E-state index contributed by atoms with van der Waals surface area (Å²) in [5, 5.41) is 2.86. The molecule has 3 nitrogen and oxygen atoms in total. The smallest absolute Gasteiger partial charge is 0.220 e. The number of hydrogen-bond donors (Lipinski definition) is 1. The van der Waals surface area contributed by atoms with Gasteiger partial charge in [0.05, 0.1) is 0 Å². The first-order valence-electron chi connectivity index (χ1n) is 6.24. The third kappa shape index (κ3) is 6.35. The number of nitrogens with one attached hydrogen (secondary N) is 1. The van der Waals surface area contributed by atoms with Crippen LogP contribution in [-0.2, 0) is 11.2 Å². The van der Waals surface area contributed by atoms with Crippen molar-refractivity contribution in [3.8, 4) is 0 Å². The molecule has 18 heavy (non-hydrogen) atoms. The van der Waals surface area contributed by atoms with Crippen molar-refractivity contribution in [1.82, 2.24) is 10.2 Å². The second-order valence-electron chi connectivity index (χ2n) is 4.64. The largest absolute Gasteiger partial charge is 0.356 e. The lowest BCUT2D eigenvalue weighted by molar-refractivity contribution is -0.121. The van der Waals surface area contributed by atoms with Gasteiger partial charge in [0.25, 0.3) is 0 Å². The molecular formula is C14H21FN2O. The molecule has 0 spiro atoms. The zero-order chi connectivity index (χ0) is 13.4. The van der Waals surface area contributed by atoms with Gasteiger partial charge in [-0.25, -0.2) is 4.39 Å². The molecule has 100 valence electrons. The maximum atomic E-state index is 12.9. The summed E-state index contributed by atoms with van der Waals surface area (Å²) >= 11 is 0. The number of halogens is 1. The van der Waals surface area contributed by atoms with Gasteiger partial charge in [-0.1, -0.05) is 12.1 Å². The lowest BCUT2D eigenvalue weighted by atomic mass is 10.1. The number of benzene rings is 1. The van der Waals surface area contributed by atoms with Crippen molar-refractivity contribution in [2.24, 2.45) is 0 Å². The molecule has 0 aromatic heterocycles. The summed E-state index contributed by atoms with van der Waals surface area (Å²) in [6.07, 6.45) is 1.93. The molecular weight excluding hydrogens is 231 g/mol. The lowest BCUT2D eigenvalue weighted by Crippen LogP contribution is -2.27. The van der Waals surface area contributed by atoms with E-state index in [9.17, 15) is 9.18 Å². The first-order valence-corrected chi connectivity index (χ1v) is 6.24. The van der Waals surface area contributed by atoms with Crippen LogP contribution in [0.1, 0.15) is 18.4 Å². The summed E-state index contributed by atoms with van der Waals surface area (Å²) in [7, 11) is 4.01. The fourth-order valence-corrected chi connectivity index (χ4v) is 1.66. The maximum absolute atomic E-state index is 12.9. The zero-order valence-electron chi connectivity index (χ0n) is 11.1. The zero-order valence-corrected chi connectivity index (χ0v) is 11.1. The molecule has 0 aliphatic heterocycles. The Labute approximate surface area is 108 Å². The minimum Gasteiger partial charge on any atom is -0.356 e. The summed E-state index contributed by atoms with van der Waals surface area (Å²) < 4.78 is 12.9. The van der Waals surface area contributed by atoms with Crippen molar-refractivity contribution in [3.05, 3.63) is 35.6 Å². The standard InChI is InChI=1S/C14H21FN2O/c1-17(2)10-4-9-16-14(18)8-7-12-5-3-6-13(15)11-12/h3,5-6,11H,4,7-10H2,1-2H3,(H,16,18). The van der Waals surface area contributed by atoms with Crippen LogP contribution in [0.15, 0.2) is 24.3 Å².